The molecule has 8 aromatic carbocycles. The third-order valence-electron chi connectivity index (χ3n) is 12.4. The maximum absolute atomic E-state index is 13.0. The Morgan fingerprint density at radius 1 is 0.328 bits per heavy atom. The molecule has 8 aromatic rings. The molecule has 17 rings (SSSR count). The van der Waals surface area contributed by atoms with E-state index in [0.717, 1.165) is 67.3 Å². The Morgan fingerprint density at radius 2 is 0.562 bits per heavy atom. The van der Waals surface area contributed by atoms with Gasteiger partial charge < -0.3 is 10.2 Å². The second-order valence-corrected chi connectivity index (χ2v) is 16.4. The molecule has 10 nitrogen and oxygen atoms in total. The zero-order valence-electron chi connectivity index (χ0n) is 34.6. The fourth-order valence-electron chi connectivity index (χ4n) is 9.25. The fraction of sp³-hybridized carbons (Fsp3) is 0.0741. The van der Waals surface area contributed by atoms with Crippen molar-refractivity contribution < 1.29 is 19.8 Å². The molecule has 0 saturated carbocycles. The molecule has 0 radical (unpaired) electrons. The molecule has 0 unspecified atom stereocenters. The monoisotopic (exact) mass is 838 g/mol. The maximum atomic E-state index is 13.0. The summed E-state index contributed by atoms with van der Waals surface area (Å²) in [5.41, 5.74) is 22.0. The Balaban J connectivity index is 0.973. The van der Waals surface area contributed by atoms with E-state index in [2.05, 4.69) is 104 Å². The Labute approximate surface area is 370 Å². The molecule has 0 spiro atoms. The molecule has 10 heteroatoms. The molecule has 9 aliphatic heterocycles. The first-order valence-electron chi connectivity index (χ1n) is 21.3. The van der Waals surface area contributed by atoms with Gasteiger partial charge in [-0.25, -0.2) is 9.59 Å². The fourth-order valence-corrected chi connectivity index (χ4v) is 9.25. The molecule has 0 amide bonds. The number of para-hydroxylation sites is 4. The summed E-state index contributed by atoms with van der Waals surface area (Å²) in [4.78, 5) is 26.0. The zero-order valence-corrected chi connectivity index (χ0v) is 34.6. The third kappa shape index (κ3) is 7.06. The highest BCUT2D eigenvalue weighted by molar-refractivity contribution is 6.04. The lowest BCUT2D eigenvalue weighted by Gasteiger charge is -2.23. The van der Waals surface area contributed by atoms with Gasteiger partial charge in [-0.1, -0.05) is 158 Å². The van der Waals surface area contributed by atoms with Crippen LogP contribution in [0.3, 0.4) is 0 Å². The number of hydrogen-bond donors (Lipinski definition) is 4. The van der Waals surface area contributed by atoms with Gasteiger partial charge in [0, 0.05) is 0 Å². The lowest BCUT2D eigenvalue weighted by atomic mass is 9.91. The Morgan fingerprint density at radius 3 is 0.781 bits per heavy atom. The number of nitrogens with one attached hydrogen (secondary N) is 2. The minimum atomic E-state index is -0.977. The van der Waals surface area contributed by atoms with Crippen LogP contribution in [-0.4, -0.2) is 22.2 Å². The van der Waals surface area contributed by atoms with Gasteiger partial charge in [-0.2, -0.15) is 0 Å². The molecule has 9 aliphatic rings. The number of hydrogen-bond acceptors (Lipinski definition) is 8. The van der Waals surface area contributed by atoms with Gasteiger partial charge in [-0.3, -0.25) is 20.0 Å². The normalized spacial score (nSPS) is 14.0. The number of carboxylic acids is 2. The van der Waals surface area contributed by atoms with Crippen LogP contribution in [0.2, 0.25) is 0 Å². The molecule has 4 N–H and O–H groups in total. The van der Waals surface area contributed by atoms with Crippen LogP contribution in [0.15, 0.2) is 182 Å². The molecule has 0 aliphatic carbocycles. The minimum absolute atomic E-state index is 0.266. The summed E-state index contributed by atoms with van der Waals surface area (Å²) in [6.07, 6.45) is 0. The topological polar surface area (TPSA) is 112 Å². The van der Waals surface area contributed by atoms with E-state index in [0.29, 0.717) is 48.4 Å². The summed E-state index contributed by atoms with van der Waals surface area (Å²) in [5.74, 6) is -1.95. The van der Waals surface area contributed by atoms with Crippen molar-refractivity contribution in [1.29, 1.82) is 0 Å². The van der Waals surface area contributed by atoms with Crippen LogP contribution in [-0.2, 0) is 26.2 Å². The number of rotatable bonds is 2. The Bertz CT molecular complexity index is 2680. The summed E-state index contributed by atoms with van der Waals surface area (Å²) in [6, 6.07) is 60.3. The SMILES string of the molecule is O=C(O)c1c2cccc1-c1ccc(cc1)CN1NN(Cc3ccc(cc3)-c3cccc(c3C(=O)O)-c3ccc(cc3)CN3NN(Cc4ccc-2cc4)c2ccccc23)c2ccccc21. The standard InChI is InChI=1S/C54H42N6O4/c61-53(62)51-43-7-5-9-45(51)41-27-19-37(20-28-41)33-59-49-13-3-4-14-50(49)60(56-59)34-38-21-29-42(30-22-38)46-10-6-8-44(52(46)54(63)64)40-25-17-36(18-26-40)32-58-48-12-2-1-11-47(48)57(55-58)31-35-15-23-39(43)24-16-35/h1-30,55-56H,31-34H2,(H,61,62)(H,63,64). The first-order chi connectivity index (χ1) is 31.3. The number of nitrogens with zero attached hydrogens (tertiary/aromatic N) is 4. The van der Waals surface area contributed by atoms with Crippen molar-refractivity contribution in [2.24, 2.45) is 0 Å². The van der Waals surface area contributed by atoms with Gasteiger partial charge in [0.2, 0.25) is 0 Å². The van der Waals surface area contributed by atoms with E-state index in [1.807, 2.05) is 109 Å². The van der Waals surface area contributed by atoms with Crippen molar-refractivity contribution in [2.75, 3.05) is 20.0 Å². The van der Waals surface area contributed by atoms with Crippen LogP contribution < -0.4 is 31.1 Å². The van der Waals surface area contributed by atoms with E-state index in [1.165, 1.54) is 0 Å². The van der Waals surface area contributed by atoms with E-state index in [4.69, 9.17) is 0 Å². The zero-order chi connectivity index (χ0) is 43.3. The van der Waals surface area contributed by atoms with E-state index >= 15 is 0 Å². The number of carbonyl (C=O) groups is 2. The van der Waals surface area contributed by atoms with Crippen molar-refractivity contribution in [3.63, 3.8) is 0 Å². The van der Waals surface area contributed by atoms with Gasteiger partial charge in [0.05, 0.1) is 60.1 Å². The molecule has 64 heavy (non-hydrogen) atoms. The smallest absolute Gasteiger partial charge is 0.336 e. The average molecular weight is 839 g/mol. The molecule has 0 atom stereocenters. The molecule has 16 bridgehead atoms. The largest absolute Gasteiger partial charge is 0.478 e. The summed E-state index contributed by atoms with van der Waals surface area (Å²) in [5, 5.41) is 29.7. The Kier molecular flexibility index (Phi) is 9.64. The quantitative estimate of drug-likeness (QED) is 0.134. The molecule has 0 fully saturated rings. The third-order valence-corrected chi connectivity index (χ3v) is 12.4. The van der Waals surface area contributed by atoms with Gasteiger partial charge in [-0.05, 0) is 91.0 Å². The van der Waals surface area contributed by atoms with E-state index in [-0.39, 0.29) is 11.1 Å². The lowest BCUT2D eigenvalue weighted by Crippen LogP contribution is -2.43. The van der Waals surface area contributed by atoms with Gasteiger partial charge in [0.1, 0.15) is 0 Å². The predicted molar refractivity (Wildman–Crippen MR) is 252 cm³/mol. The number of benzene rings is 8. The maximum Gasteiger partial charge on any atom is 0.336 e. The van der Waals surface area contributed by atoms with Crippen LogP contribution in [0.4, 0.5) is 22.7 Å². The molecule has 9 heterocycles. The van der Waals surface area contributed by atoms with Crippen LogP contribution >= 0.6 is 0 Å². The van der Waals surface area contributed by atoms with Crippen LogP contribution in [0.5, 0.6) is 0 Å². The van der Waals surface area contributed by atoms with Gasteiger partial charge in [0.25, 0.3) is 0 Å². The van der Waals surface area contributed by atoms with Crippen LogP contribution in [0, 0.1) is 0 Å². The molecular weight excluding hydrogens is 797 g/mol. The predicted octanol–water partition coefficient (Wildman–Crippen LogP) is 11.0. The van der Waals surface area contributed by atoms with Crippen molar-refractivity contribution in [3.05, 3.63) is 215 Å². The number of fused-ring (bicyclic) bond motifs is 2. The number of carboxylic acid groups (broad SMARTS) is 2. The number of aromatic carboxylic acids is 2. The summed E-state index contributed by atoms with van der Waals surface area (Å²) in [6.45, 7) is 2.27. The molecule has 0 aromatic heterocycles. The minimum Gasteiger partial charge on any atom is -0.478 e. The molecule has 312 valence electrons. The average Bonchev–Trinajstić information content (AvgIpc) is 3.85. The van der Waals surface area contributed by atoms with E-state index < -0.39 is 11.9 Å². The van der Waals surface area contributed by atoms with Crippen molar-refractivity contribution >= 4 is 34.7 Å². The van der Waals surface area contributed by atoms with Crippen LogP contribution in [0.25, 0.3) is 44.5 Å². The second kappa shape index (κ2) is 15.9. The van der Waals surface area contributed by atoms with Crippen LogP contribution in [0.1, 0.15) is 43.0 Å². The lowest BCUT2D eigenvalue weighted by molar-refractivity contribution is 0.0687. The second-order valence-electron chi connectivity index (χ2n) is 16.4. The summed E-state index contributed by atoms with van der Waals surface area (Å²) >= 11 is 0. The van der Waals surface area contributed by atoms with E-state index in [1.54, 1.807) is 0 Å². The number of hydrazine groups is 4. The highest BCUT2D eigenvalue weighted by Gasteiger charge is 2.28. The molecular formula is C54H42N6O4. The first kappa shape index (κ1) is 38.7. The van der Waals surface area contributed by atoms with Gasteiger partial charge in [-0.15, -0.1) is 11.1 Å². The van der Waals surface area contributed by atoms with Crippen molar-refractivity contribution in [2.45, 2.75) is 26.2 Å². The highest BCUT2D eigenvalue weighted by Crippen LogP contribution is 2.39. The molecule has 0 saturated heterocycles. The Hall–Kier alpha value is -8.18. The van der Waals surface area contributed by atoms with E-state index in [9.17, 15) is 19.8 Å². The summed E-state index contributed by atoms with van der Waals surface area (Å²) < 4.78 is 0. The van der Waals surface area contributed by atoms with Crippen molar-refractivity contribution in [3.8, 4) is 44.5 Å². The van der Waals surface area contributed by atoms with Gasteiger partial charge >= 0.3 is 11.9 Å². The summed E-state index contributed by atoms with van der Waals surface area (Å²) in [7, 11) is 0. The van der Waals surface area contributed by atoms with Crippen molar-refractivity contribution in [1.82, 2.24) is 11.1 Å². The number of anilines is 4. The van der Waals surface area contributed by atoms with Gasteiger partial charge in [0.15, 0.2) is 0 Å². The first-order valence-corrected chi connectivity index (χ1v) is 21.3. The highest BCUT2D eigenvalue weighted by atomic mass is 16.4.